The van der Waals surface area contributed by atoms with Crippen LogP contribution in [0.2, 0.25) is 0 Å². The molecule has 116 valence electrons. The molecule has 1 aliphatic rings. The van der Waals surface area contributed by atoms with Crippen molar-refractivity contribution < 1.29 is 9.72 Å². The molecule has 1 atom stereocenters. The number of carbonyl (C=O) groups excluding carboxylic acids is 1. The number of rotatable bonds is 3. The number of nitrogens with two attached hydrogens (primary N) is 2. The first kappa shape index (κ1) is 17.2. The molecule has 0 saturated carbocycles. The quantitative estimate of drug-likeness (QED) is 0.497. The maximum atomic E-state index is 12.4. The van der Waals surface area contributed by atoms with Crippen LogP contribution in [0.4, 0.5) is 11.4 Å². The zero-order valence-corrected chi connectivity index (χ0v) is 12.6. The Morgan fingerprint density at radius 3 is 2.71 bits per heavy atom. The van der Waals surface area contributed by atoms with E-state index in [1.807, 2.05) is 6.92 Å². The summed E-state index contributed by atoms with van der Waals surface area (Å²) in [6, 6.07) is 3.92. The van der Waals surface area contributed by atoms with Gasteiger partial charge in [-0.3, -0.25) is 14.9 Å². The first-order valence-electron chi connectivity index (χ1n) is 6.39. The topological polar surface area (TPSA) is 115 Å². The average Bonchev–Trinajstić information content (AvgIpc) is 2.82. The van der Waals surface area contributed by atoms with Crippen LogP contribution in [0.25, 0.3) is 0 Å². The van der Waals surface area contributed by atoms with Gasteiger partial charge in [0.1, 0.15) is 0 Å². The fraction of sp³-hybridized carbons (Fsp3) is 0.462. The third-order valence-electron chi connectivity index (χ3n) is 3.82. The number of nitrogen functional groups attached to an aromatic ring is 1. The highest BCUT2D eigenvalue weighted by atomic mass is 35.5. The van der Waals surface area contributed by atoms with E-state index in [1.165, 1.54) is 18.2 Å². The Morgan fingerprint density at radius 2 is 2.19 bits per heavy atom. The molecule has 21 heavy (non-hydrogen) atoms. The third-order valence-corrected chi connectivity index (χ3v) is 3.82. The second kappa shape index (κ2) is 6.28. The van der Waals surface area contributed by atoms with E-state index in [-0.39, 0.29) is 40.7 Å². The van der Waals surface area contributed by atoms with Crippen molar-refractivity contribution in [2.24, 2.45) is 11.1 Å². The zero-order chi connectivity index (χ0) is 14.9. The van der Waals surface area contributed by atoms with Crippen LogP contribution >= 0.6 is 12.4 Å². The SMILES string of the molecule is CC1(CN)CCN(C(=O)c2cc([N+](=O)[O-])ccc2N)C1.Cl. The molecule has 4 N–H and O–H groups in total. The highest BCUT2D eigenvalue weighted by molar-refractivity contribution is 6.00. The predicted octanol–water partition coefficient (Wildman–Crippen LogP) is 1.41. The summed E-state index contributed by atoms with van der Waals surface area (Å²) in [5.41, 5.74) is 11.7. The average molecular weight is 315 g/mol. The lowest BCUT2D eigenvalue weighted by Gasteiger charge is -2.22. The minimum Gasteiger partial charge on any atom is -0.398 e. The van der Waals surface area contributed by atoms with E-state index < -0.39 is 4.92 Å². The van der Waals surface area contributed by atoms with E-state index in [9.17, 15) is 14.9 Å². The summed E-state index contributed by atoms with van der Waals surface area (Å²) in [4.78, 5) is 24.3. The maximum absolute atomic E-state index is 12.4. The van der Waals surface area contributed by atoms with E-state index >= 15 is 0 Å². The number of carbonyl (C=O) groups is 1. The van der Waals surface area contributed by atoms with Crippen LogP contribution in [-0.2, 0) is 0 Å². The standard InChI is InChI=1S/C13H18N4O3.ClH/c1-13(7-14)4-5-16(8-13)12(18)10-6-9(17(19)20)2-3-11(10)15;/h2-3,6H,4-5,7-8,14-15H2,1H3;1H. The van der Waals surface area contributed by atoms with Crippen molar-refractivity contribution >= 4 is 29.7 Å². The van der Waals surface area contributed by atoms with Gasteiger partial charge in [-0.25, -0.2) is 0 Å². The molecule has 8 heteroatoms. The van der Waals surface area contributed by atoms with Crippen molar-refractivity contribution in [3.8, 4) is 0 Å². The second-order valence-corrected chi connectivity index (χ2v) is 5.52. The Hall–Kier alpha value is -1.86. The van der Waals surface area contributed by atoms with Crippen molar-refractivity contribution in [1.29, 1.82) is 0 Å². The van der Waals surface area contributed by atoms with Gasteiger partial charge in [-0.2, -0.15) is 0 Å². The summed E-state index contributed by atoms with van der Waals surface area (Å²) in [6.45, 7) is 3.66. The van der Waals surface area contributed by atoms with Gasteiger partial charge in [0.05, 0.1) is 10.5 Å². The largest absolute Gasteiger partial charge is 0.398 e. The van der Waals surface area contributed by atoms with Gasteiger partial charge in [0.15, 0.2) is 0 Å². The van der Waals surface area contributed by atoms with Gasteiger partial charge in [0, 0.05) is 30.9 Å². The predicted molar refractivity (Wildman–Crippen MR) is 82.4 cm³/mol. The monoisotopic (exact) mass is 314 g/mol. The molecule has 1 fully saturated rings. The first-order valence-corrected chi connectivity index (χ1v) is 6.39. The van der Waals surface area contributed by atoms with Gasteiger partial charge in [-0.15, -0.1) is 12.4 Å². The maximum Gasteiger partial charge on any atom is 0.270 e. The van der Waals surface area contributed by atoms with Crippen molar-refractivity contribution in [3.63, 3.8) is 0 Å². The molecule has 0 radical (unpaired) electrons. The summed E-state index contributed by atoms with van der Waals surface area (Å²) in [6.07, 6.45) is 0.823. The van der Waals surface area contributed by atoms with Crippen LogP contribution in [0.5, 0.6) is 0 Å². The zero-order valence-electron chi connectivity index (χ0n) is 11.7. The second-order valence-electron chi connectivity index (χ2n) is 5.52. The summed E-state index contributed by atoms with van der Waals surface area (Å²) in [7, 11) is 0. The van der Waals surface area contributed by atoms with Gasteiger partial charge in [0.25, 0.3) is 11.6 Å². The highest BCUT2D eigenvalue weighted by Crippen LogP contribution is 2.31. The number of benzene rings is 1. The van der Waals surface area contributed by atoms with Gasteiger partial charge in [0.2, 0.25) is 0 Å². The van der Waals surface area contributed by atoms with E-state index in [4.69, 9.17) is 11.5 Å². The van der Waals surface area contributed by atoms with Crippen LogP contribution in [0.1, 0.15) is 23.7 Å². The molecule has 1 unspecified atom stereocenters. The van der Waals surface area contributed by atoms with Gasteiger partial charge < -0.3 is 16.4 Å². The molecular weight excluding hydrogens is 296 g/mol. The number of nitro groups is 1. The van der Waals surface area contributed by atoms with Crippen molar-refractivity contribution in [1.82, 2.24) is 4.90 Å². The molecule has 0 bridgehead atoms. The van der Waals surface area contributed by atoms with Gasteiger partial charge in [-0.05, 0) is 24.4 Å². The number of amides is 1. The lowest BCUT2D eigenvalue weighted by Crippen LogP contribution is -2.34. The van der Waals surface area contributed by atoms with Gasteiger partial charge in [-0.1, -0.05) is 6.92 Å². The Balaban J connectivity index is 0.00000220. The number of hydrogen-bond acceptors (Lipinski definition) is 5. The summed E-state index contributed by atoms with van der Waals surface area (Å²) in [5.74, 6) is -0.275. The fourth-order valence-electron chi connectivity index (χ4n) is 2.38. The van der Waals surface area contributed by atoms with Crippen molar-refractivity contribution in [3.05, 3.63) is 33.9 Å². The van der Waals surface area contributed by atoms with E-state index in [1.54, 1.807) is 4.90 Å². The number of halogens is 1. The van der Waals surface area contributed by atoms with E-state index in [0.717, 1.165) is 6.42 Å². The molecule has 1 heterocycles. The molecule has 0 spiro atoms. The van der Waals surface area contributed by atoms with Gasteiger partial charge >= 0.3 is 0 Å². The number of hydrogen-bond donors (Lipinski definition) is 2. The summed E-state index contributed by atoms with van der Waals surface area (Å²) >= 11 is 0. The molecule has 1 aromatic rings. The number of nitrogens with zero attached hydrogens (tertiary/aromatic N) is 2. The van der Waals surface area contributed by atoms with Crippen LogP contribution in [0.3, 0.4) is 0 Å². The van der Waals surface area contributed by atoms with Crippen LogP contribution in [-0.4, -0.2) is 35.4 Å². The molecule has 1 saturated heterocycles. The Kier molecular flexibility index (Phi) is 5.14. The number of anilines is 1. The molecule has 1 aliphatic heterocycles. The Labute approximate surface area is 128 Å². The lowest BCUT2D eigenvalue weighted by atomic mass is 9.90. The number of nitro benzene ring substituents is 1. The smallest absolute Gasteiger partial charge is 0.270 e. The summed E-state index contributed by atoms with van der Waals surface area (Å²) < 4.78 is 0. The van der Waals surface area contributed by atoms with Crippen LogP contribution in [0.15, 0.2) is 18.2 Å². The third kappa shape index (κ3) is 3.43. The lowest BCUT2D eigenvalue weighted by molar-refractivity contribution is -0.384. The normalized spacial score (nSPS) is 21.0. The molecule has 7 nitrogen and oxygen atoms in total. The molecule has 1 aromatic carbocycles. The molecule has 0 aromatic heterocycles. The van der Waals surface area contributed by atoms with Crippen LogP contribution < -0.4 is 11.5 Å². The molecule has 0 aliphatic carbocycles. The van der Waals surface area contributed by atoms with Crippen molar-refractivity contribution in [2.75, 3.05) is 25.4 Å². The minimum absolute atomic E-state index is 0. The molecule has 2 rings (SSSR count). The summed E-state index contributed by atoms with van der Waals surface area (Å²) in [5, 5.41) is 10.8. The minimum atomic E-state index is -0.537. The van der Waals surface area contributed by atoms with Crippen LogP contribution in [0, 0.1) is 15.5 Å². The molecular formula is C13H19ClN4O3. The number of likely N-dealkylation sites (tertiary alicyclic amines) is 1. The Bertz CT molecular complexity index is 566. The number of non-ortho nitro benzene ring substituents is 1. The van der Waals surface area contributed by atoms with Crippen molar-refractivity contribution in [2.45, 2.75) is 13.3 Å². The highest BCUT2D eigenvalue weighted by Gasteiger charge is 2.35. The fourth-order valence-corrected chi connectivity index (χ4v) is 2.38. The first-order chi connectivity index (χ1) is 9.36. The van der Waals surface area contributed by atoms with E-state index in [0.29, 0.717) is 19.6 Å². The molecule has 1 amide bonds. The van der Waals surface area contributed by atoms with E-state index in [2.05, 4.69) is 0 Å². The Morgan fingerprint density at radius 1 is 1.52 bits per heavy atom.